The first-order chi connectivity index (χ1) is 19.2. The Balaban J connectivity index is 1.49. The highest BCUT2D eigenvalue weighted by Gasteiger charge is 2.51. The lowest BCUT2D eigenvalue weighted by atomic mass is 9.76. The number of sulfonamides is 1. The second kappa shape index (κ2) is 9.56. The van der Waals surface area contributed by atoms with Gasteiger partial charge in [-0.3, -0.25) is 9.48 Å². The molecule has 0 N–H and O–H groups in total. The average Bonchev–Trinajstić information content (AvgIpc) is 3.66. The van der Waals surface area contributed by atoms with E-state index in [-0.39, 0.29) is 23.7 Å². The van der Waals surface area contributed by atoms with Crippen molar-refractivity contribution in [2.24, 2.45) is 7.05 Å². The van der Waals surface area contributed by atoms with Crippen molar-refractivity contribution in [2.75, 3.05) is 6.54 Å². The van der Waals surface area contributed by atoms with Crippen LogP contribution in [0.5, 0.6) is 0 Å². The molecular weight excluding hydrogens is 529 g/mol. The molecule has 5 aromatic rings. The Morgan fingerprint density at radius 2 is 1.75 bits per heavy atom. The maximum absolute atomic E-state index is 14.2. The number of aromatic nitrogens is 4. The molecule has 2 aromatic heterocycles. The second-order valence-corrected chi connectivity index (χ2v) is 11.8. The summed E-state index contributed by atoms with van der Waals surface area (Å²) in [5, 5.41) is 9.27. The summed E-state index contributed by atoms with van der Waals surface area (Å²) in [6.45, 7) is 1.93. The van der Waals surface area contributed by atoms with Crippen molar-refractivity contribution in [3.63, 3.8) is 0 Å². The Kier molecular flexibility index (Phi) is 6.14. The van der Waals surface area contributed by atoms with Gasteiger partial charge in [0.25, 0.3) is 15.9 Å². The molecule has 0 spiro atoms. The molecule has 1 aliphatic heterocycles. The van der Waals surface area contributed by atoms with Gasteiger partial charge in [0, 0.05) is 25.2 Å². The first-order valence-corrected chi connectivity index (χ1v) is 14.2. The Labute approximate surface area is 231 Å². The standard InChI is InChI=1S/C30H26FN5O3S/c1-21-16-28-23(18-33-36(28)25-10-8-24(31)9-11-25)17-27(21)30(13-12-22-6-4-3-5-7-22)14-15-35(29(30)37)40(38,39)26-19-32-34(2)20-26/h3-13,16-20H,14-15H2,1-2H3/b13-12+. The van der Waals surface area contributed by atoms with E-state index in [1.54, 1.807) is 30.1 Å². The minimum atomic E-state index is -4.10. The zero-order chi connectivity index (χ0) is 28.1. The lowest BCUT2D eigenvalue weighted by Crippen LogP contribution is -2.40. The highest BCUT2D eigenvalue weighted by atomic mass is 32.2. The van der Waals surface area contributed by atoms with Gasteiger partial charge < -0.3 is 0 Å². The quantitative estimate of drug-likeness (QED) is 0.301. The van der Waals surface area contributed by atoms with Crippen LogP contribution in [0, 0.1) is 12.7 Å². The average molecular weight is 556 g/mol. The van der Waals surface area contributed by atoms with Gasteiger partial charge in [-0.1, -0.05) is 42.5 Å². The summed E-state index contributed by atoms with van der Waals surface area (Å²) >= 11 is 0. The van der Waals surface area contributed by atoms with Crippen molar-refractivity contribution < 1.29 is 17.6 Å². The number of amides is 1. The molecule has 0 bridgehead atoms. The minimum Gasteiger partial charge on any atom is -0.274 e. The Morgan fingerprint density at radius 3 is 2.45 bits per heavy atom. The number of carbonyl (C=O) groups is 1. The molecule has 8 nitrogen and oxygen atoms in total. The summed E-state index contributed by atoms with van der Waals surface area (Å²) < 4.78 is 44.6. The number of hydrogen-bond acceptors (Lipinski definition) is 5. The molecular formula is C30H26FN5O3S. The zero-order valence-electron chi connectivity index (χ0n) is 21.9. The van der Waals surface area contributed by atoms with Crippen LogP contribution < -0.4 is 0 Å². The van der Waals surface area contributed by atoms with Gasteiger partial charge in [0.2, 0.25) is 0 Å². The number of nitrogens with zero attached hydrogens (tertiary/aromatic N) is 5. The lowest BCUT2D eigenvalue weighted by molar-refractivity contribution is -0.127. The third-order valence-corrected chi connectivity index (χ3v) is 9.15. The van der Waals surface area contributed by atoms with E-state index in [1.165, 1.54) is 29.2 Å². The fraction of sp³-hybridized carbons (Fsp3) is 0.167. The van der Waals surface area contributed by atoms with Crippen LogP contribution in [0.3, 0.4) is 0 Å². The fourth-order valence-corrected chi connectivity index (χ4v) is 6.77. The van der Waals surface area contributed by atoms with Crippen molar-refractivity contribution in [2.45, 2.75) is 23.7 Å². The van der Waals surface area contributed by atoms with E-state index >= 15 is 0 Å². The number of hydrogen-bond donors (Lipinski definition) is 0. The van der Waals surface area contributed by atoms with Gasteiger partial charge in [0.05, 0.1) is 29.0 Å². The van der Waals surface area contributed by atoms with Gasteiger partial charge in [-0.25, -0.2) is 21.8 Å². The van der Waals surface area contributed by atoms with E-state index in [2.05, 4.69) is 10.2 Å². The largest absolute Gasteiger partial charge is 0.274 e. The van der Waals surface area contributed by atoms with Crippen molar-refractivity contribution in [1.82, 2.24) is 23.9 Å². The molecule has 0 aliphatic carbocycles. The number of halogens is 1. The van der Waals surface area contributed by atoms with Crippen molar-refractivity contribution in [3.05, 3.63) is 114 Å². The molecule has 0 saturated carbocycles. The van der Waals surface area contributed by atoms with Crippen molar-refractivity contribution in [1.29, 1.82) is 0 Å². The first-order valence-electron chi connectivity index (χ1n) is 12.7. The van der Waals surface area contributed by atoms with Crippen LogP contribution in [0.1, 0.15) is 23.1 Å². The third kappa shape index (κ3) is 4.21. The van der Waals surface area contributed by atoms with Crippen LogP contribution in [0.15, 0.2) is 96.3 Å². The predicted octanol–water partition coefficient (Wildman–Crippen LogP) is 4.78. The summed E-state index contributed by atoms with van der Waals surface area (Å²) in [6, 6.07) is 19.5. The first kappa shape index (κ1) is 25.7. The molecule has 1 aliphatic rings. The molecule has 3 aromatic carbocycles. The van der Waals surface area contributed by atoms with Crippen molar-refractivity contribution >= 4 is 32.9 Å². The minimum absolute atomic E-state index is 0.0288. The van der Waals surface area contributed by atoms with Crippen LogP contribution in [-0.4, -0.2) is 44.7 Å². The molecule has 1 fully saturated rings. The maximum atomic E-state index is 14.2. The maximum Gasteiger partial charge on any atom is 0.269 e. The van der Waals surface area contributed by atoms with E-state index in [9.17, 15) is 17.6 Å². The SMILES string of the molecule is Cc1cc2c(cnn2-c2ccc(F)cc2)cc1C1(/C=C/c2ccccc2)CCN(S(=O)(=O)c2cnn(C)c2)C1=O. The van der Waals surface area contributed by atoms with E-state index < -0.39 is 21.3 Å². The van der Waals surface area contributed by atoms with E-state index in [0.717, 1.165) is 26.3 Å². The van der Waals surface area contributed by atoms with Crippen LogP contribution >= 0.6 is 0 Å². The summed E-state index contributed by atoms with van der Waals surface area (Å²) in [4.78, 5) is 14.2. The fourth-order valence-electron chi connectivity index (χ4n) is 5.34. The lowest BCUT2D eigenvalue weighted by Gasteiger charge is -2.27. The second-order valence-electron chi connectivity index (χ2n) is 9.96. The molecule has 1 saturated heterocycles. The van der Waals surface area contributed by atoms with Crippen LogP contribution in [-0.2, 0) is 27.3 Å². The highest BCUT2D eigenvalue weighted by molar-refractivity contribution is 7.89. The number of aryl methyl sites for hydroxylation is 2. The monoisotopic (exact) mass is 555 g/mol. The van der Waals surface area contributed by atoms with Gasteiger partial charge in [0.1, 0.15) is 10.7 Å². The van der Waals surface area contributed by atoms with E-state index in [4.69, 9.17) is 0 Å². The van der Waals surface area contributed by atoms with E-state index in [0.29, 0.717) is 11.3 Å². The topological polar surface area (TPSA) is 90.1 Å². The number of rotatable bonds is 6. The molecule has 6 rings (SSSR count). The molecule has 1 unspecified atom stereocenters. The summed E-state index contributed by atoms with van der Waals surface area (Å²) in [7, 11) is -2.47. The van der Waals surface area contributed by atoms with Crippen LogP contribution in [0.2, 0.25) is 0 Å². The molecule has 1 atom stereocenters. The van der Waals surface area contributed by atoms with Crippen LogP contribution in [0.4, 0.5) is 4.39 Å². The summed E-state index contributed by atoms with van der Waals surface area (Å²) in [6.07, 6.45) is 8.30. The van der Waals surface area contributed by atoms with Gasteiger partial charge >= 0.3 is 0 Å². The third-order valence-electron chi connectivity index (χ3n) is 7.41. The van der Waals surface area contributed by atoms with Crippen LogP contribution in [0.25, 0.3) is 22.7 Å². The summed E-state index contributed by atoms with van der Waals surface area (Å²) in [5.74, 6) is -0.853. The Hall–Kier alpha value is -4.57. The summed E-state index contributed by atoms with van der Waals surface area (Å²) in [5.41, 5.74) is 2.68. The molecule has 3 heterocycles. The molecule has 0 radical (unpaired) electrons. The smallest absolute Gasteiger partial charge is 0.269 e. The predicted molar refractivity (Wildman–Crippen MR) is 150 cm³/mol. The number of fused-ring (bicyclic) bond motifs is 1. The number of benzene rings is 3. The van der Waals surface area contributed by atoms with Gasteiger partial charge in [-0.15, -0.1) is 0 Å². The van der Waals surface area contributed by atoms with E-state index in [1.807, 2.05) is 61.5 Å². The Bertz CT molecular complexity index is 1880. The van der Waals surface area contributed by atoms with Crippen molar-refractivity contribution in [3.8, 4) is 5.69 Å². The highest BCUT2D eigenvalue weighted by Crippen LogP contribution is 2.43. The normalized spacial score (nSPS) is 17.9. The molecule has 202 valence electrons. The van der Waals surface area contributed by atoms with Gasteiger partial charge in [-0.2, -0.15) is 10.2 Å². The van der Waals surface area contributed by atoms with Gasteiger partial charge in [0.15, 0.2) is 0 Å². The molecule has 40 heavy (non-hydrogen) atoms. The molecule has 10 heteroatoms. The molecule has 1 amide bonds. The van der Waals surface area contributed by atoms with Gasteiger partial charge in [-0.05, 0) is 66.4 Å². The Morgan fingerprint density at radius 1 is 1.00 bits per heavy atom. The zero-order valence-corrected chi connectivity index (χ0v) is 22.7. The number of carbonyl (C=O) groups excluding carboxylic acids is 1.